The molecule has 1 aromatic heterocycles. The van der Waals surface area contributed by atoms with Gasteiger partial charge in [-0.2, -0.15) is 0 Å². The summed E-state index contributed by atoms with van der Waals surface area (Å²) in [6, 6.07) is 2.38. The predicted molar refractivity (Wildman–Crippen MR) is 175 cm³/mol. The van der Waals surface area contributed by atoms with E-state index >= 15 is 0 Å². The maximum Gasteiger partial charge on any atom is 0.339 e. The van der Waals surface area contributed by atoms with Crippen LogP contribution in [0.4, 0.5) is 0 Å². The SMILES string of the molecule is CC1(C)O[C@H]2CC(=O)OC[C@@]23[C@@H]1C(=O)[C@@H](O)[C@]1(C)[C@@H]3CC[C@@]2(C)[C@H](c3ccoc3C[C@H](CO)C3CCC([C@H]4CNCN4)CC3)OC(=O)[C@H]3O[C@@]312. The lowest BCUT2D eigenvalue weighted by atomic mass is 9.36. The lowest BCUT2D eigenvalue weighted by molar-refractivity contribution is -0.252. The summed E-state index contributed by atoms with van der Waals surface area (Å²) in [5.41, 5.74) is -4.22. The lowest BCUT2D eigenvalue weighted by Crippen LogP contribution is -2.76. The van der Waals surface area contributed by atoms with Crippen LogP contribution in [0.25, 0.3) is 0 Å². The van der Waals surface area contributed by atoms with Crippen molar-refractivity contribution in [3.05, 3.63) is 23.7 Å². The fourth-order valence-electron chi connectivity index (χ4n) is 13.3. The predicted octanol–water partition coefficient (Wildman–Crippen LogP) is 2.58. The number of hydrogen-bond acceptors (Lipinski definition) is 12. The highest BCUT2D eigenvalue weighted by atomic mass is 16.7. The molecule has 8 aliphatic rings. The first kappa shape index (κ1) is 33.5. The summed E-state index contributed by atoms with van der Waals surface area (Å²) >= 11 is 0. The van der Waals surface area contributed by atoms with E-state index in [0.29, 0.717) is 42.9 Å². The molecule has 0 unspecified atom stereocenters. The van der Waals surface area contributed by atoms with E-state index in [1.807, 2.05) is 26.8 Å². The topological polar surface area (TPSA) is 169 Å². The molecule has 0 bridgehead atoms. The Morgan fingerprint density at radius 2 is 1.80 bits per heavy atom. The van der Waals surface area contributed by atoms with E-state index in [0.717, 1.165) is 44.5 Å². The second-order valence-electron chi connectivity index (χ2n) is 17.8. The number of ether oxygens (including phenoxy) is 4. The van der Waals surface area contributed by atoms with Crippen LogP contribution >= 0.6 is 0 Å². The number of cyclic esters (lactones) is 2. The van der Waals surface area contributed by atoms with Crippen LogP contribution in [0.5, 0.6) is 0 Å². The van der Waals surface area contributed by atoms with Crippen LogP contribution in [0.2, 0.25) is 0 Å². The van der Waals surface area contributed by atoms with Gasteiger partial charge < -0.3 is 44.2 Å². The summed E-state index contributed by atoms with van der Waals surface area (Å²) in [4.78, 5) is 41.0. The molecule has 12 heteroatoms. The van der Waals surface area contributed by atoms with Gasteiger partial charge in [0.1, 0.15) is 30.2 Å². The van der Waals surface area contributed by atoms with Crippen molar-refractivity contribution in [1.82, 2.24) is 10.6 Å². The van der Waals surface area contributed by atoms with Crippen LogP contribution in [0.1, 0.15) is 90.1 Å². The second kappa shape index (κ2) is 11.1. The van der Waals surface area contributed by atoms with Crippen molar-refractivity contribution in [2.45, 2.75) is 121 Å². The quantitative estimate of drug-likeness (QED) is 0.254. The van der Waals surface area contributed by atoms with Gasteiger partial charge >= 0.3 is 11.9 Å². The molecule has 0 radical (unpaired) electrons. The first-order chi connectivity index (χ1) is 23.8. The van der Waals surface area contributed by atoms with Gasteiger partial charge in [-0.25, -0.2) is 4.79 Å². The van der Waals surface area contributed by atoms with Gasteiger partial charge in [0.2, 0.25) is 0 Å². The number of carbonyl (C=O) groups is 3. The summed E-state index contributed by atoms with van der Waals surface area (Å²) in [7, 11) is 0. The Morgan fingerprint density at radius 1 is 1.02 bits per heavy atom. The molecule has 3 saturated carbocycles. The van der Waals surface area contributed by atoms with Crippen molar-refractivity contribution in [2.75, 3.05) is 26.4 Å². The zero-order valence-electron chi connectivity index (χ0n) is 29.6. The highest BCUT2D eigenvalue weighted by Crippen LogP contribution is 2.80. The maximum atomic E-state index is 14.5. The van der Waals surface area contributed by atoms with E-state index in [1.165, 1.54) is 0 Å². The molecule has 1 aromatic rings. The zero-order valence-corrected chi connectivity index (χ0v) is 29.6. The highest BCUT2D eigenvalue weighted by Gasteiger charge is 2.90. The highest BCUT2D eigenvalue weighted by molar-refractivity contribution is 5.92. The monoisotopic (exact) mass is 696 g/mol. The van der Waals surface area contributed by atoms with Gasteiger partial charge in [0.05, 0.1) is 30.3 Å². The van der Waals surface area contributed by atoms with Crippen molar-refractivity contribution in [2.24, 2.45) is 45.8 Å². The molecule has 4 N–H and O–H groups in total. The van der Waals surface area contributed by atoms with Crippen molar-refractivity contribution < 1.29 is 48.0 Å². The summed E-state index contributed by atoms with van der Waals surface area (Å²) in [6.45, 7) is 9.63. The molecule has 12 nitrogen and oxygen atoms in total. The van der Waals surface area contributed by atoms with Gasteiger partial charge in [-0.3, -0.25) is 9.59 Å². The number of aliphatic hydroxyl groups is 2. The molecule has 3 aliphatic carbocycles. The first-order valence-corrected chi connectivity index (χ1v) is 18.9. The van der Waals surface area contributed by atoms with Crippen molar-refractivity contribution in [3.63, 3.8) is 0 Å². The van der Waals surface area contributed by atoms with Gasteiger partial charge in [-0.05, 0) is 82.1 Å². The Balaban J connectivity index is 1.04. The third-order valence-electron chi connectivity index (χ3n) is 15.5. The van der Waals surface area contributed by atoms with Crippen molar-refractivity contribution in [3.8, 4) is 0 Å². The van der Waals surface area contributed by atoms with Gasteiger partial charge in [0, 0.05) is 54.1 Å². The number of hydrogen-bond donors (Lipinski definition) is 4. The number of aliphatic hydroxyl groups excluding tert-OH is 2. The number of esters is 2. The lowest BCUT2D eigenvalue weighted by Gasteiger charge is -2.66. The number of Topliss-reactive ketones (excluding diaryl/α,β-unsaturated/α-hetero) is 1. The summed E-state index contributed by atoms with van der Waals surface area (Å²) in [5.74, 6) is -0.538. The Hall–Kier alpha value is -2.35. The van der Waals surface area contributed by atoms with Crippen LogP contribution in [-0.4, -0.2) is 89.9 Å². The minimum atomic E-state index is -1.42. The average Bonchev–Trinajstić information content (AvgIpc) is 3.35. The van der Waals surface area contributed by atoms with Gasteiger partial charge in [0.25, 0.3) is 0 Å². The fraction of sp³-hybridized carbons (Fsp3) is 0.816. The Morgan fingerprint density at radius 3 is 2.52 bits per heavy atom. The Bertz CT molecular complexity index is 1580. The Labute approximate surface area is 292 Å². The molecule has 0 amide bonds. The molecule has 5 aliphatic heterocycles. The molecular formula is C38H52N2O10. The maximum absolute atomic E-state index is 14.5. The first-order valence-electron chi connectivity index (χ1n) is 18.9. The number of carbonyl (C=O) groups excluding carboxylic acids is 3. The molecule has 274 valence electrons. The van der Waals surface area contributed by atoms with Crippen LogP contribution in [0, 0.1) is 45.8 Å². The Kier molecular flexibility index (Phi) is 7.42. The number of epoxide rings is 1. The van der Waals surface area contributed by atoms with E-state index in [2.05, 4.69) is 17.6 Å². The average molecular weight is 697 g/mol. The molecular weight excluding hydrogens is 644 g/mol. The molecule has 6 heterocycles. The third kappa shape index (κ3) is 4.12. The minimum absolute atomic E-state index is 0.000218. The van der Waals surface area contributed by atoms with Crippen LogP contribution in [0.3, 0.4) is 0 Å². The smallest absolute Gasteiger partial charge is 0.339 e. The van der Waals surface area contributed by atoms with Crippen LogP contribution in [0.15, 0.2) is 16.7 Å². The van der Waals surface area contributed by atoms with Gasteiger partial charge in [-0.15, -0.1) is 0 Å². The largest absolute Gasteiger partial charge is 0.469 e. The summed E-state index contributed by atoms with van der Waals surface area (Å²) in [6.07, 6.45) is 4.04. The zero-order chi connectivity index (χ0) is 35.0. The third-order valence-corrected chi connectivity index (χ3v) is 15.5. The molecule has 12 atom stereocenters. The van der Waals surface area contributed by atoms with Crippen LogP contribution < -0.4 is 10.6 Å². The normalized spacial score (nSPS) is 49.5. The standard InChI is InChI=1S/C38H52N2O10/c1-34(2)29-28(43)30(44)36(4)25(37(29)17-47-27(42)14-26(37)49-34)9-11-35(3)31(48-33(45)32-38(35,36)50-32)22-10-12-46-24(22)13-21(16-41)19-5-7-20(8-6-19)23-15-39-18-40-23/h10,12,19-21,23,25-26,29-32,39-41,44H,5-9,11,13-18H2,1-4H3/t19?,20?,21-,23-,25+,26+,29-,30-,31+,32-,35+,36+,37+,38-/m1/s1. The van der Waals surface area contributed by atoms with E-state index in [9.17, 15) is 24.6 Å². The number of nitrogens with one attached hydrogen (secondary N) is 2. The van der Waals surface area contributed by atoms with Gasteiger partial charge in [-0.1, -0.05) is 13.8 Å². The number of ketones is 1. The van der Waals surface area contributed by atoms with Gasteiger partial charge in [0.15, 0.2) is 11.9 Å². The summed E-state index contributed by atoms with van der Waals surface area (Å²) < 4.78 is 31.3. The second-order valence-corrected chi connectivity index (χ2v) is 17.8. The molecule has 0 aromatic carbocycles. The fourth-order valence-corrected chi connectivity index (χ4v) is 13.3. The summed E-state index contributed by atoms with van der Waals surface area (Å²) in [5, 5.41) is 29.9. The molecule has 50 heavy (non-hydrogen) atoms. The molecule has 9 rings (SSSR count). The van der Waals surface area contributed by atoms with Crippen molar-refractivity contribution in [1.29, 1.82) is 0 Å². The minimum Gasteiger partial charge on any atom is -0.469 e. The van der Waals surface area contributed by atoms with E-state index in [1.54, 1.807) is 6.26 Å². The number of rotatable bonds is 6. The number of fused-ring (bicyclic) bond motifs is 1. The van der Waals surface area contributed by atoms with E-state index in [-0.39, 0.29) is 43.2 Å². The number of furan rings is 1. The van der Waals surface area contributed by atoms with Crippen LogP contribution in [-0.2, 0) is 39.8 Å². The van der Waals surface area contributed by atoms with Crippen molar-refractivity contribution >= 4 is 17.7 Å². The van der Waals surface area contributed by atoms with E-state index in [4.69, 9.17) is 23.4 Å². The molecule has 8 fully saturated rings. The van der Waals surface area contributed by atoms with E-state index < -0.39 is 63.8 Å². The molecule has 2 spiro atoms. The molecule has 5 saturated heterocycles.